The molecule has 0 aliphatic heterocycles. The van der Waals surface area contributed by atoms with E-state index in [1.54, 1.807) is 6.08 Å². The van der Waals surface area contributed by atoms with Crippen LogP contribution in [0.3, 0.4) is 0 Å². The van der Waals surface area contributed by atoms with E-state index < -0.39 is 12.1 Å². The van der Waals surface area contributed by atoms with Gasteiger partial charge in [-0.15, -0.1) is 0 Å². The number of amides is 1. The van der Waals surface area contributed by atoms with Gasteiger partial charge >= 0.3 is 5.97 Å². The molecule has 0 saturated carbocycles. The van der Waals surface area contributed by atoms with Crippen molar-refractivity contribution in [1.29, 1.82) is 0 Å². The first-order chi connectivity index (χ1) is 33.5. The molecule has 0 radical (unpaired) electrons. The highest BCUT2D eigenvalue weighted by molar-refractivity contribution is 5.76. The van der Waals surface area contributed by atoms with Gasteiger partial charge in [0.1, 0.15) is 0 Å². The molecule has 6 heteroatoms. The Morgan fingerprint density at radius 2 is 0.735 bits per heavy atom. The van der Waals surface area contributed by atoms with E-state index in [1.165, 1.54) is 205 Å². The van der Waals surface area contributed by atoms with Crippen molar-refractivity contribution in [2.24, 2.45) is 0 Å². The smallest absolute Gasteiger partial charge is 0.305 e. The van der Waals surface area contributed by atoms with Crippen LogP contribution in [0.1, 0.15) is 309 Å². The third-order valence-corrected chi connectivity index (χ3v) is 13.6. The first-order valence-electron chi connectivity index (χ1n) is 29.9. The monoisotopic (exact) mass is 954 g/mol. The molecule has 0 aliphatic carbocycles. The molecule has 0 aromatic heterocycles. The molecule has 2 unspecified atom stereocenters. The van der Waals surface area contributed by atoms with Crippen molar-refractivity contribution >= 4 is 11.9 Å². The summed E-state index contributed by atoms with van der Waals surface area (Å²) in [5, 5.41) is 23.2. The van der Waals surface area contributed by atoms with E-state index in [0.717, 1.165) is 77.0 Å². The number of aliphatic hydroxyl groups is 2. The Bertz CT molecular complexity index is 1150. The standard InChI is InChI=1S/C62H115NO5/c1-3-5-7-9-11-13-15-17-19-20-24-27-30-34-38-42-46-50-54-60(65)59(58-64)63-61(66)55-51-47-43-39-35-31-28-25-22-21-23-26-29-33-37-41-45-49-53-57-68-62(67)56-52-48-44-40-36-32-18-16-14-12-10-8-6-4-2/h16,18,26,29,33,37,50,54,59-60,64-65H,3-15,17,19-25,27-28,30-32,34-36,38-49,51-53,55-58H2,1-2H3,(H,63,66)/b18-16-,29-26-,37-33-,54-50+. The average molecular weight is 955 g/mol. The van der Waals surface area contributed by atoms with E-state index in [1.807, 2.05) is 6.08 Å². The maximum Gasteiger partial charge on any atom is 0.305 e. The van der Waals surface area contributed by atoms with Crippen LogP contribution in [0.4, 0.5) is 0 Å². The molecule has 0 fully saturated rings. The Morgan fingerprint density at radius 1 is 0.412 bits per heavy atom. The van der Waals surface area contributed by atoms with Crippen LogP contribution in [0, 0.1) is 0 Å². The second-order valence-corrected chi connectivity index (χ2v) is 20.3. The Hall–Kier alpha value is -2.18. The topological polar surface area (TPSA) is 95.9 Å². The lowest BCUT2D eigenvalue weighted by atomic mass is 10.0. The van der Waals surface area contributed by atoms with Crippen LogP contribution in [0.25, 0.3) is 0 Å². The maximum absolute atomic E-state index is 12.5. The van der Waals surface area contributed by atoms with Crippen molar-refractivity contribution in [3.8, 4) is 0 Å². The first-order valence-corrected chi connectivity index (χ1v) is 29.9. The van der Waals surface area contributed by atoms with Crippen LogP contribution < -0.4 is 5.32 Å². The van der Waals surface area contributed by atoms with Crippen LogP contribution in [0.2, 0.25) is 0 Å². The van der Waals surface area contributed by atoms with Gasteiger partial charge in [-0.3, -0.25) is 9.59 Å². The SMILES string of the molecule is CCCCCCC/C=C\CCCCCCCC(=O)OCCCCC/C=C\C=C/CCCCCCCCCCCCC(=O)NC(CO)C(O)/C=C/CCCCCCCCCCCCCCCCCC. The number of allylic oxidation sites excluding steroid dienone is 7. The molecule has 0 aromatic rings. The van der Waals surface area contributed by atoms with E-state index >= 15 is 0 Å². The fourth-order valence-electron chi connectivity index (χ4n) is 8.97. The molecule has 68 heavy (non-hydrogen) atoms. The predicted molar refractivity (Wildman–Crippen MR) is 296 cm³/mol. The molecule has 0 aliphatic rings. The van der Waals surface area contributed by atoms with Crippen LogP contribution in [0.15, 0.2) is 48.6 Å². The lowest BCUT2D eigenvalue weighted by Gasteiger charge is -2.20. The Kier molecular flexibility index (Phi) is 55.6. The number of ether oxygens (including phenoxy) is 1. The lowest BCUT2D eigenvalue weighted by molar-refractivity contribution is -0.143. The number of hydrogen-bond acceptors (Lipinski definition) is 5. The second kappa shape index (κ2) is 57.4. The third-order valence-electron chi connectivity index (χ3n) is 13.6. The number of hydrogen-bond donors (Lipinski definition) is 3. The molecule has 2 atom stereocenters. The molecule has 0 heterocycles. The third kappa shape index (κ3) is 53.2. The molecule has 3 N–H and O–H groups in total. The van der Waals surface area contributed by atoms with Gasteiger partial charge in [-0.05, 0) is 89.9 Å². The molecule has 0 bridgehead atoms. The van der Waals surface area contributed by atoms with Crippen molar-refractivity contribution in [2.45, 2.75) is 321 Å². The van der Waals surface area contributed by atoms with Gasteiger partial charge in [0.2, 0.25) is 5.91 Å². The summed E-state index contributed by atoms with van der Waals surface area (Å²) in [7, 11) is 0. The maximum atomic E-state index is 12.5. The van der Waals surface area contributed by atoms with Crippen molar-refractivity contribution in [3.05, 3.63) is 48.6 Å². The summed E-state index contributed by atoms with van der Waals surface area (Å²) in [6.45, 7) is 4.86. The number of carbonyl (C=O) groups excluding carboxylic acids is 2. The van der Waals surface area contributed by atoms with E-state index in [4.69, 9.17) is 4.74 Å². The van der Waals surface area contributed by atoms with Gasteiger partial charge in [0.05, 0.1) is 25.4 Å². The Labute approximate surface area is 423 Å². The molecule has 0 saturated heterocycles. The molecule has 0 aromatic carbocycles. The van der Waals surface area contributed by atoms with Gasteiger partial charge in [0, 0.05) is 12.8 Å². The Morgan fingerprint density at radius 3 is 1.13 bits per heavy atom. The molecule has 0 spiro atoms. The van der Waals surface area contributed by atoms with Gasteiger partial charge in [0.15, 0.2) is 0 Å². The summed E-state index contributed by atoms with van der Waals surface area (Å²) >= 11 is 0. The minimum Gasteiger partial charge on any atom is -0.466 e. The summed E-state index contributed by atoms with van der Waals surface area (Å²) in [6.07, 6.45) is 72.8. The number of esters is 1. The number of rotatable bonds is 55. The van der Waals surface area contributed by atoms with Crippen LogP contribution >= 0.6 is 0 Å². The fourth-order valence-corrected chi connectivity index (χ4v) is 8.97. The highest BCUT2D eigenvalue weighted by atomic mass is 16.5. The fraction of sp³-hybridized carbons (Fsp3) is 0.839. The average Bonchev–Trinajstić information content (AvgIpc) is 3.34. The number of unbranched alkanes of at least 4 members (excludes halogenated alkanes) is 39. The van der Waals surface area contributed by atoms with Crippen molar-refractivity contribution < 1.29 is 24.5 Å². The molecule has 0 rings (SSSR count). The van der Waals surface area contributed by atoms with E-state index in [-0.39, 0.29) is 18.5 Å². The largest absolute Gasteiger partial charge is 0.466 e. The minimum atomic E-state index is -0.853. The van der Waals surface area contributed by atoms with Gasteiger partial charge in [0.25, 0.3) is 0 Å². The first kappa shape index (κ1) is 65.8. The molecular formula is C62H115NO5. The van der Waals surface area contributed by atoms with Crippen molar-refractivity contribution in [2.75, 3.05) is 13.2 Å². The normalized spacial score (nSPS) is 12.9. The number of nitrogens with one attached hydrogen (secondary N) is 1. The summed E-state index contributed by atoms with van der Waals surface area (Å²) in [4.78, 5) is 24.5. The Balaban J connectivity index is 3.52. The van der Waals surface area contributed by atoms with Crippen molar-refractivity contribution in [1.82, 2.24) is 5.32 Å². The number of aliphatic hydroxyl groups excluding tert-OH is 2. The highest BCUT2D eigenvalue weighted by Crippen LogP contribution is 2.16. The van der Waals surface area contributed by atoms with Crippen LogP contribution in [0.5, 0.6) is 0 Å². The quantitative estimate of drug-likeness (QED) is 0.0244. The minimum absolute atomic E-state index is 0.0230. The van der Waals surface area contributed by atoms with Gasteiger partial charge in [-0.2, -0.15) is 0 Å². The van der Waals surface area contributed by atoms with Crippen LogP contribution in [-0.2, 0) is 14.3 Å². The molecule has 6 nitrogen and oxygen atoms in total. The molecule has 398 valence electrons. The molecule has 1 amide bonds. The predicted octanol–water partition coefficient (Wildman–Crippen LogP) is 18.6. The zero-order valence-electron chi connectivity index (χ0n) is 45.3. The summed E-state index contributed by atoms with van der Waals surface area (Å²) in [5.74, 6) is -0.1000. The number of carbonyl (C=O) groups is 2. The lowest BCUT2D eigenvalue weighted by Crippen LogP contribution is -2.45. The van der Waals surface area contributed by atoms with Crippen molar-refractivity contribution in [3.63, 3.8) is 0 Å². The van der Waals surface area contributed by atoms with Gasteiger partial charge in [-0.25, -0.2) is 0 Å². The van der Waals surface area contributed by atoms with Gasteiger partial charge < -0.3 is 20.3 Å². The van der Waals surface area contributed by atoms with Gasteiger partial charge in [-0.1, -0.05) is 255 Å². The van der Waals surface area contributed by atoms with Crippen LogP contribution in [-0.4, -0.2) is 47.4 Å². The van der Waals surface area contributed by atoms with E-state index in [2.05, 4.69) is 55.6 Å². The summed E-state index contributed by atoms with van der Waals surface area (Å²) in [6, 6.07) is -0.637. The molecular weight excluding hydrogens is 839 g/mol. The summed E-state index contributed by atoms with van der Waals surface area (Å²) < 4.78 is 5.45. The summed E-state index contributed by atoms with van der Waals surface area (Å²) in [5.41, 5.74) is 0. The van der Waals surface area contributed by atoms with E-state index in [0.29, 0.717) is 19.4 Å². The highest BCUT2D eigenvalue weighted by Gasteiger charge is 2.18. The zero-order chi connectivity index (χ0) is 49.3. The second-order valence-electron chi connectivity index (χ2n) is 20.3. The van der Waals surface area contributed by atoms with E-state index in [9.17, 15) is 19.8 Å². The zero-order valence-corrected chi connectivity index (χ0v) is 45.3.